The molecule has 0 spiro atoms. The van der Waals surface area contributed by atoms with Gasteiger partial charge in [-0.15, -0.1) is 0 Å². The Morgan fingerprint density at radius 2 is 2.16 bits per heavy atom. The summed E-state index contributed by atoms with van der Waals surface area (Å²) in [5.74, 6) is 0.936. The molecule has 134 valence electrons. The van der Waals surface area contributed by atoms with Crippen molar-refractivity contribution in [3.8, 4) is 6.07 Å². The molecule has 1 amide bonds. The lowest BCUT2D eigenvalue weighted by Gasteiger charge is -2.34. The minimum atomic E-state index is -0.653. The van der Waals surface area contributed by atoms with Gasteiger partial charge in [-0.25, -0.2) is 4.98 Å². The van der Waals surface area contributed by atoms with Crippen molar-refractivity contribution in [3.63, 3.8) is 0 Å². The zero-order valence-corrected chi connectivity index (χ0v) is 15.2. The summed E-state index contributed by atoms with van der Waals surface area (Å²) in [7, 11) is 3.99. The largest absolute Gasteiger partial charge is 0.362 e. The molecule has 25 heavy (non-hydrogen) atoms. The van der Waals surface area contributed by atoms with Crippen molar-refractivity contribution in [2.45, 2.75) is 50.6 Å². The van der Waals surface area contributed by atoms with Crippen LogP contribution in [0.5, 0.6) is 0 Å². The molecule has 0 saturated heterocycles. The minimum Gasteiger partial charge on any atom is -0.362 e. The van der Waals surface area contributed by atoms with Crippen LogP contribution in [0, 0.1) is 11.3 Å². The first-order valence-corrected chi connectivity index (χ1v) is 9.12. The summed E-state index contributed by atoms with van der Waals surface area (Å²) in [5, 5.41) is 12.6. The van der Waals surface area contributed by atoms with Gasteiger partial charge in [0.25, 0.3) is 0 Å². The number of nitrogens with one attached hydrogen (secondary N) is 1. The maximum atomic E-state index is 12.5. The van der Waals surface area contributed by atoms with E-state index in [9.17, 15) is 10.1 Å². The molecule has 1 saturated carbocycles. The van der Waals surface area contributed by atoms with Gasteiger partial charge >= 0.3 is 0 Å². The normalized spacial score (nSPS) is 19.6. The van der Waals surface area contributed by atoms with Crippen molar-refractivity contribution < 1.29 is 4.79 Å². The van der Waals surface area contributed by atoms with E-state index in [-0.39, 0.29) is 5.91 Å². The Balaban J connectivity index is 1.65. The third kappa shape index (κ3) is 3.93. The number of anilines is 1. The Morgan fingerprint density at radius 1 is 1.40 bits per heavy atom. The van der Waals surface area contributed by atoms with Gasteiger partial charge in [-0.05, 0) is 30.9 Å². The monoisotopic (exact) mass is 341 g/mol. The second kappa shape index (κ2) is 7.40. The van der Waals surface area contributed by atoms with Crippen LogP contribution < -0.4 is 10.2 Å². The number of rotatable bonds is 4. The highest BCUT2D eigenvalue weighted by molar-refractivity contribution is 5.79. The van der Waals surface area contributed by atoms with Gasteiger partial charge in [-0.1, -0.05) is 19.3 Å². The van der Waals surface area contributed by atoms with E-state index in [4.69, 9.17) is 0 Å². The number of carbonyl (C=O) groups is 1. The van der Waals surface area contributed by atoms with E-state index >= 15 is 0 Å². The maximum Gasteiger partial charge on any atom is 0.235 e. The van der Waals surface area contributed by atoms with E-state index in [2.05, 4.69) is 27.3 Å². The van der Waals surface area contributed by atoms with Crippen molar-refractivity contribution in [2.75, 3.05) is 32.1 Å². The number of hydrogen-bond donors (Lipinski definition) is 1. The summed E-state index contributed by atoms with van der Waals surface area (Å²) in [6.07, 6.45) is 7.51. The lowest BCUT2D eigenvalue weighted by Crippen LogP contribution is -2.52. The lowest BCUT2D eigenvalue weighted by molar-refractivity contribution is -0.124. The average Bonchev–Trinajstić information content (AvgIpc) is 2.61. The summed E-state index contributed by atoms with van der Waals surface area (Å²) in [6.45, 7) is 1.92. The molecule has 6 heteroatoms. The topological polar surface area (TPSA) is 72.3 Å². The molecule has 0 unspecified atom stereocenters. The standard InChI is InChI=1S/C19H27N5O/c1-23(2)18-16-12-24(11-7-15(16)6-10-21-18)13-17(25)22-19(14-20)8-4-3-5-9-19/h6,10H,3-5,7-9,11-13H2,1-2H3,(H,22,25). The third-order valence-electron chi connectivity index (χ3n) is 5.30. The molecule has 1 N–H and O–H groups in total. The number of pyridine rings is 1. The quantitative estimate of drug-likeness (QED) is 0.905. The number of hydrogen-bond acceptors (Lipinski definition) is 5. The molecule has 3 rings (SSSR count). The van der Waals surface area contributed by atoms with Crippen LogP contribution in [0.15, 0.2) is 12.3 Å². The highest BCUT2D eigenvalue weighted by atomic mass is 16.2. The van der Waals surface area contributed by atoms with Crippen molar-refractivity contribution in [3.05, 3.63) is 23.4 Å². The van der Waals surface area contributed by atoms with Crippen molar-refractivity contribution >= 4 is 11.7 Å². The van der Waals surface area contributed by atoms with Crippen LogP contribution in [0.25, 0.3) is 0 Å². The summed E-state index contributed by atoms with van der Waals surface area (Å²) in [4.78, 5) is 21.2. The van der Waals surface area contributed by atoms with Gasteiger partial charge in [0, 0.05) is 38.9 Å². The van der Waals surface area contributed by atoms with E-state index in [1.54, 1.807) is 0 Å². The summed E-state index contributed by atoms with van der Waals surface area (Å²) in [5.41, 5.74) is 1.87. The molecule has 0 atom stereocenters. The van der Waals surface area contributed by atoms with Crippen LogP contribution in [-0.2, 0) is 17.8 Å². The van der Waals surface area contributed by atoms with Crippen LogP contribution in [0.2, 0.25) is 0 Å². The zero-order valence-electron chi connectivity index (χ0n) is 15.2. The third-order valence-corrected chi connectivity index (χ3v) is 5.30. The van der Waals surface area contributed by atoms with E-state index in [1.807, 2.05) is 25.2 Å². The van der Waals surface area contributed by atoms with Gasteiger partial charge in [0.2, 0.25) is 5.91 Å². The average molecular weight is 341 g/mol. The Bertz CT molecular complexity index is 673. The van der Waals surface area contributed by atoms with Gasteiger partial charge in [-0.3, -0.25) is 9.69 Å². The molecule has 2 heterocycles. The van der Waals surface area contributed by atoms with Crippen LogP contribution in [-0.4, -0.2) is 48.5 Å². The Labute approximate surface area is 149 Å². The second-order valence-electron chi connectivity index (χ2n) is 7.43. The number of nitriles is 1. The molecule has 1 fully saturated rings. The smallest absolute Gasteiger partial charge is 0.235 e. The van der Waals surface area contributed by atoms with Crippen molar-refractivity contribution in [1.29, 1.82) is 5.26 Å². The number of aromatic nitrogens is 1. The van der Waals surface area contributed by atoms with Crippen molar-refractivity contribution in [2.24, 2.45) is 0 Å². The van der Waals surface area contributed by atoms with E-state index < -0.39 is 5.54 Å². The van der Waals surface area contributed by atoms with Gasteiger partial charge in [0.15, 0.2) is 0 Å². The Morgan fingerprint density at radius 3 is 2.84 bits per heavy atom. The first kappa shape index (κ1) is 17.7. The fourth-order valence-corrected chi connectivity index (χ4v) is 3.96. The number of fused-ring (bicyclic) bond motifs is 1. The maximum absolute atomic E-state index is 12.5. The predicted molar refractivity (Wildman–Crippen MR) is 97.1 cm³/mol. The molecule has 0 radical (unpaired) electrons. The van der Waals surface area contributed by atoms with Gasteiger partial charge in [0.05, 0.1) is 12.6 Å². The molecular weight excluding hydrogens is 314 g/mol. The van der Waals surface area contributed by atoms with Crippen molar-refractivity contribution in [1.82, 2.24) is 15.2 Å². The van der Waals surface area contributed by atoms with E-state index in [0.717, 1.165) is 57.4 Å². The summed E-state index contributed by atoms with van der Waals surface area (Å²) < 4.78 is 0. The van der Waals surface area contributed by atoms with Crippen LogP contribution >= 0.6 is 0 Å². The molecule has 6 nitrogen and oxygen atoms in total. The molecule has 2 aliphatic rings. The van der Waals surface area contributed by atoms with Gasteiger partial charge < -0.3 is 10.2 Å². The van der Waals surface area contributed by atoms with E-state index in [1.165, 1.54) is 11.1 Å². The van der Waals surface area contributed by atoms with Crippen LogP contribution in [0.3, 0.4) is 0 Å². The molecule has 1 aromatic rings. The zero-order chi connectivity index (χ0) is 17.9. The van der Waals surface area contributed by atoms with Gasteiger partial charge in [-0.2, -0.15) is 5.26 Å². The first-order chi connectivity index (χ1) is 12.0. The first-order valence-electron chi connectivity index (χ1n) is 9.12. The van der Waals surface area contributed by atoms with Crippen LogP contribution in [0.4, 0.5) is 5.82 Å². The fraction of sp³-hybridized carbons (Fsp3) is 0.632. The fourth-order valence-electron chi connectivity index (χ4n) is 3.96. The molecule has 1 aromatic heterocycles. The lowest BCUT2D eigenvalue weighted by atomic mass is 9.83. The van der Waals surface area contributed by atoms with E-state index in [0.29, 0.717) is 6.54 Å². The Kier molecular flexibility index (Phi) is 5.24. The highest BCUT2D eigenvalue weighted by Crippen LogP contribution is 2.28. The molecule has 1 aliphatic heterocycles. The molecule has 0 bridgehead atoms. The summed E-state index contributed by atoms with van der Waals surface area (Å²) in [6, 6.07) is 4.43. The Hall–Kier alpha value is -2.13. The van der Waals surface area contributed by atoms with Crippen LogP contribution in [0.1, 0.15) is 43.2 Å². The second-order valence-corrected chi connectivity index (χ2v) is 7.43. The number of carbonyl (C=O) groups excluding carboxylic acids is 1. The minimum absolute atomic E-state index is 0.0396. The molecule has 1 aliphatic carbocycles. The summed E-state index contributed by atoms with van der Waals surface area (Å²) >= 11 is 0. The number of nitrogens with zero attached hydrogens (tertiary/aromatic N) is 4. The SMILES string of the molecule is CN(C)c1nccc2c1CN(CC(=O)NC1(C#N)CCCCC1)CC2. The highest BCUT2D eigenvalue weighted by Gasteiger charge is 2.34. The number of amides is 1. The van der Waals surface area contributed by atoms with Gasteiger partial charge in [0.1, 0.15) is 11.4 Å². The molecule has 0 aromatic carbocycles. The molecular formula is C19H27N5O. The predicted octanol–water partition coefficient (Wildman–Crippen LogP) is 1.85.